The number of Topliss-reactive ketones (excluding diaryl/α,β-unsaturated/α-hetero) is 1. The van der Waals surface area contributed by atoms with E-state index in [2.05, 4.69) is 20.8 Å². The lowest BCUT2D eigenvalue weighted by atomic mass is 10.1. The van der Waals surface area contributed by atoms with E-state index in [1.165, 1.54) is 17.1 Å². The predicted octanol–water partition coefficient (Wildman–Crippen LogP) is 2.76. The fourth-order valence-electron chi connectivity index (χ4n) is 3.67. The summed E-state index contributed by atoms with van der Waals surface area (Å²) in [7, 11) is 0. The van der Waals surface area contributed by atoms with Crippen LogP contribution in [0.5, 0.6) is 0 Å². The van der Waals surface area contributed by atoms with Gasteiger partial charge in [0.1, 0.15) is 12.9 Å². The van der Waals surface area contributed by atoms with Crippen LogP contribution in [0.4, 0.5) is 5.69 Å². The summed E-state index contributed by atoms with van der Waals surface area (Å²) in [4.78, 5) is 37.8. The molecule has 0 spiro atoms. The Morgan fingerprint density at radius 2 is 1.71 bits per heavy atom. The monoisotopic (exact) mass is 458 g/mol. The van der Waals surface area contributed by atoms with Crippen molar-refractivity contribution >= 4 is 23.3 Å². The number of hydrogen-bond donors (Lipinski definition) is 1. The Kier molecular flexibility index (Phi) is 6.58. The van der Waals surface area contributed by atoms with E-state index in [1.807, 2.05) is 48.7 Å². The number of aromatic nitrogens is 5. The van der Waals surface area contributed by atoms with E-state index >= 15 is 0 Å². The molecule has 0 unspecified atom stereocenters. The van der Waals surface area contributed by atoms with Crippen molar-refractivity contribution < 1.29 is 19.1 Å². The number of rotatable bonds is 8. The standard InChI is InChI=1S/C24H22N6O4/c1-16-12-20(17(2)30(16)18-8-4-3-5-9-18)22(31)14-34-24(33)19-10-6-7-11-21(19)26-23(32)13-29-15-25-27-28-29/h3-12,15H,13-14H2,1-2H3,(H,26,32). The van der Waals surface area contributed by atoms with E-state index in [0.717, 1.165) is 17.1 Å². The highest BCUT2D eigenvalue weighted by atomic mass is 16.5. The zero-order valence-corrected chi connectivity index (χ0v) is 18.6. The second-order valence-electron chi connectivity index (χ2n) is 7.56. The molecular formula is C24H22N6O4. The Balaban J connectivity index is 1.43. The minimum absolute atomic E-state index is 0.119. The Bertz CT molecular complexity index is 1330. The molecule has 2 aromatic carbocycles. The Morgan fingerprint density at radius 1 is 0.971 bits per heavy atom. The van der Waals surface area contributed by atoms with Crippen molar-refractivity contribution in [3.63, 3.8) is 0 Å². The lowest BCUT2D eigenvalue weighted by molar-refractivity contribution is -0.116. The van der Waals surface area contributed by atoms with Gasteiger partial charge < -0.3 is 14.6 Å². The number of hydrogen-bond acceptors (Lipinski definition) is 7. The number of tetrazole rings is 1. The minimum atomic E-state index is -0.719. The fourth-order valence-corrected chi connectivity index (χ4v) is 3.67. The van der Waals surface area contributed by atoms with Crippen molar-refractivity contribution in [2.75, 3.05) is 11.9 Å². The lowest BCUT2D eigenvalue weighted by Gasteiger charge is -2.11. The van der Waals surface area contributed by atoms with Gasteiger partial charge in [0.25, 0.3) is 0 Å². The maximum atomic E-state index is 12.9. The summed E-state index contributed by atoms with van der Waals surface area (Å²) in [6, 6.07) is 17.9. The molecule has 1 N–H and O–H groups in total. The van der Waals surface area contributed by atoms with Gasteiger partial charge in [-0.25, -0.2) is 9.48 Å². The zero-order valence-electron chi connectivity index (χ0n) is 18.6. The van der Waals surface area contributed by atoms with Gasteiger partial charge in [-0.3, -0.25) is 9.59 Å². The quantitative estimate of drug-likeness (QED) is 0.318. The van der Waals surface area contributed by atoms with Crippen LogP contribution in [0.2, 0.25) is 0 Å². The summed E-state index contributed by atoms with van der Waals surface area (Å²) in [6.07, 6.45) is 1.31. The molecule has 1 amide bonds. The SMILES string of the molecule is Cc1cc(C(=O)COC(=O)c2ccccc2NC(=O)Cn2cnnn2)c(C)n1-c1ccccc1. The summed E-state index contributed by atoms with van der Waals surface area (Å²) in [6.45, 7) is 3.22. The van der Waals surface area contributed by atoms with Crippen LogP contribution in [0.25, 0.3) is 5.69 Å². The second-order valence-corrected chi connectivity index (χ2v) is 7.56. The number of anilines is 1. The van der Waals surface area contributed by atoms with Crippen molar-refractivity contribution in [1.29, 1.82) is 0 Å². The number of amides is 1. The van der Waals surface area contributed by atoms with Gasteiger partial charge in [-0.15, -0.1) is 5.10 Å². The predicted molar refractivity (Wildman–Crippen MR) is 123 cm³/mol. The van der Waals surface area contributed by atoms with Crippen LogP contribution in [0.1, 0.15) is 32.1 Å². The van der Waals surface area contributed by atoms with Gasteiger partial charge in [0.15, 0.2) is 6.61 Å². The number of nitrogens with one attached hydrogen (secondary N) is 1. The average Bonchev–Trinajstić information content (AvgIpc) is 3.45. The van der Waals surface area contributed by atoms with Crippen molar-refractivity contribution in [2.24, 2.45) is 0 Å². The minimum Gasteiger partial charge on any atom is -0.454 e. The molecule has 34 heavy (non-hydrogen) atoms. The fraction of sp³-hybridized carbons (Fsp3) is 0.167. The van der Waals surface area contributed by atoms with E-state index < -0.39 is 18.5 Å². The molecule has 2 heterocycles. The molecular weight excluding hydrogens is 436 g/mol. The van der Waals surface area contributed by atoms with Crippen molar-refractivity contribution in [3.05, 3.63) is 89.5 Å². The highest BCUT2D eigenvalue weighted by molar-refractivity contribution is 6.03. The number of aryl methyl sites for hydroxylation is 1. The van der Waals surface area contributed by atoms with Crippen LogP contribution in [-0.4, -0.2) is 49.0 Å². The van der Waals surface area contributed by atoms with Crippen molar-refractivity contribution in [3.8, 4) is 5.69 Å². The molecule has 4 aromatic rings. The molecule has 0 aliphatic carbocycles. The number of esters is 1. The molecule has 0 saturated heterocycles. The molecule has 0 bridgehead atoms. The van der Waals surface area contributed by atoms with Gasteiger partial charge in [-0.05, 0) is 54.6 Å². The first-order valence-corrected chi connectivity index (χ1v) is 10.5. The smallest absolute Gasteiger partial charge is 0.340 e. The molecule has 0 saturated carbocycles. The van der Waals surface area contributed by atoms with Gasteiger partial charge in [0, 0.05) is 22.6 Å². The highest BCUT2D eigenvalue weighted by Gasteiger charge is 2.20. The molecule has 4 rings (SSSR count). The van der Waals surface area contributed by atoms with E-state index in [-0.39, 0.29) is 23.6 Å². The molecule has 10 nitrogen and oxygen atoms in total. The Hall–Kier alpha value is -4.60. The van der Waals surface area contributed by atoms with Gasteiger partial charge in [-0.2, -0.15) is 0 Å². The maximum Gasteiger partial charge on any atom is 0.340 e. The maximum absolute atomic E-state index is 12.9. The van der Waals surface area contributed by atoms with Crippen LogP contribution in [0.3, 0.4) is 0 Å². The molecule has 0 fully saturated rings. The van der Waals surface area contributed by atoms with Gasteiger partial charge in [0.05, 0.1) is 11.3 Å². The van der Waals surface area contributed by atoms with E-state index in [4.69, 9.17) is 4.74 Å². The molecule has 0 aliphatic heterocycles. The Morgan fingerprint density at radius 3 is 2.44 bits per heavy atom. The van der Waals surface area contributed by atoms with Crippen LogP contribution < -0.4 is 5.32 Å². The van der Waals surface area contributed by atoms with Gasteiger partial charge in [-0.1, -0.05) is 30.3 Å². The number of benzene rings is 2. The summed E-state index contributed by atoms with van der Waals surface area (Å²) in [5, 5.41) is 13.2. The third-order valence-electron chi connectivity index (χ3n) is 5.20. The summed E-state index contributed by atoms with van der Waals surface area (Å²) in [5.41, 5.74) is 3.49. The molecule has 0 radical (unpaired) electrons. The normalized spacial score (nSPS) is 10.6. The largest absolute Gasteiger partial charge is 0.454 e. The van der Waals surface area contributed by atoms with Crippen LogP contribution in [-0.2, 0) is 16.1 Å². The first-order chi connectivity index (χ1) is 16.4. The summed E-state index contributed by atoms with van der Waals surface area (Å²) in [5.74, 6) is -1.45. The zero-order chi connectivity index (χ0) is 24.1. The molecule has 0 atom stereocenters. The third-order valence-corrected chi connectivity index (χ3v) is 5.20. The summed E-state index contributed by atoms with van der Waals surface area (Å²) >= 11 is 0. The van der Waals surface area contributed by atoms with Crippen molar-refractivity contribution in [1.82, 2.24) is 24.8 Å². The molecule has 2 aromatic heterocycles. The molecule has 172 valence electrons. The number of ketones is 1. The number of ether oxygens (including phenoxy) is 1. The van der Waals surface area contributed by atoms with Gasteiger partial charge in [0.2, 0.25) is 11.7 Å². The lowest BCUT2D eigenvalue weighted by Crippen LogP contribution is -2.21. The van der Waals surface area contributed by atoms with E-state index in [9.17, 15) is 14.4 Å². The topological polar surface area (TPSA) is 121 Å². The molecule has 10 heteroatoms. The van der Waals surface area contributed by atoms with Crippen LogP contribution in [0, 0.1) is 13.8 Å². The first kappa shape index (κ1) is 22.6. The van der Waals surface area contributed by atoms with E-state index in [0.29, 0.717) is 5.56 Å². The highest BCUT2D eigenvalue weighted by Crippen LogP contribution is 2.22. The number of carbonyl (C=O) groups excluding carboxylic acids is 3. The Labute approximate surface area is 195 Å². The van der Waals surface area contributed by atoms with Gasteiger partial charge >= 0.3 is 5.97 Å². The van der Waals surface area contributed by atoms with Crippen LogP contribution in [0.15, 0.2) is 67.0 Å². The first-order valence-electron chi connectivity index (χ1n) is 10.5. The average molecular weight is 458 g/mol. The van der Waals surface area contributed by atoms with E-state index in [1.54, 1.807) is 24.3 Å². The second kappa shape index (κ2) is 9.90. The number of carbonyl (C=O) groups is 3. The number of para-hydroxylation sites is 2. The summed E-state index contributed by atoms with van der Waals surface area (Å²) < 4.78 is 8.52. The van der Waals surface area contributed by atoms with Crippen molar-refractivity contribution in [2.45, 2.75) is 20.4 Å². The third kappa shape index (κ3) is 4.90. The molecule has 0 aliphatic rings. The van der Waals surface area contributed by atoms with Crippen LogP contribution >= 0.6 is 0 Å². The number of nitrogens with zero attached hydrogens (tertiary/aromatic N) is 5.